The molecule has 0 aliphatic rings. The van der Waals surface area contributed by atoms with Gasteiger partial charge < -0.3 is 4.98 Å². The van der Waals surface area contributed by atoms with E-state index in [1.54, 1.807) is 18.2 Å². The van der Waals surface area contributed by atoms with Crippen molar-refractivity contribution in [1.82, 2.24) is 9.55 Å². The predicted molar refractivity (Wildman–Crippen MR) is 82.6 cm³/mol. The third kappa shape index (κ3) is 2.10. The Kier molecular flexibility index (Phi) is 3.06. The lowest BCUT2D eigenvalue weighted by Crippen LogP contribution is -1.96. The number of nitriles is 2. The summed E-state index contributed by atoms with van der Waals surface area (Å²) in [5.74, 6) is 0. The molecule has 0 radical (unpaired) electrons. The van der Waals surface area contributed by atoms with Crippen molar-refractivity contribution in [1.29, 1.82) is 10.5 Å². The van der Waals surface area contributed by atoms with Gasteiger partial charge in [0.25, 0.3) is 0 Å². The van der Waals surface area contributed by atoms with Crippen LogP contribution >= 0.6 is 12.2 Å². The predicted octanol–water partition coefficient (Wildman–Crippen LogP) is 3.74. The molecule has 0 spiro atoms. The molecular weight excluding hydrogens is 280 g/mol. The summed E-state index contributed by atoms with van der Waals surface area (Å²) in [6.07, 6.45) is 0. The van der Waals surface area contributed by atoms with Gasteiger partial charge in [0.2, 0.25) is 0 Å². The number of benzene rings is 2. The number of H-pyrrole nitrogens is 1. The van der Waals surface area contributed by atoms with Crippen LogP contribution in [0.2, 0.25) is 0 Å². The molecule has 1 heterocycles. The van der Waals surface area contributed by atoms with Gasteiger partial charge in [-0.25, -0.2) is 0 Å². The van der Waals surface area contributed by atoms with Crippen LogP contribution in [-0.2, 0) is 0 Å². The molecule has 4 nitrogen and oxygen atoms in total. The molecule has 0 fully saturated rings. The maximum Gasteiger partial charge on any atom is 0.182 e. The summed E-state index contributed by atoms with van der Waals surface area (Å²) in [6, 6.07) is 15.2. The van der Waals surface area contributed by atoms with Crippen LogP contribution in [0, 0.1) is 34.4 Å². The van der Waals surface area contributed by atoms with Crippen molar-refractivity contribution in [2.45, 2.75) is 6.92 Å². The first-order valence-electron chi connectivity index (χ1n) is 6.30. The molecule has 100 valence electrons. The van der Waals surface area contributed by atoms with Crippen LogP contribution in [0.15, 0.2) is 36.4 Å². The minimum absolute atomic E-state index is 0.346. The highest BCUT2D eigenvalue weighted by Gasteiger charge is 2.09. The minimum atomic E-state index is 0.346. The van der Waals surface area contributed by atoms with Gasteiger partial charge in [0.1, 0.15) is 12.1 Å². The average Bonchev–Trinajstić information content (AvgIpc) is 2.81. The van der Waals surface area contributed by atoms with Crippen molar-refractivity contribution in [3.8, 4) is 17.8 Å². The van der Waals surface area contributed by atoms with Gasteiger partial charge in [0, 0.05) is 5.69 Å². The molecule has 0 atom stereocenters. The molecule has 21 heavy (non-hydrogen) atoms. The number of imidazole rings is 1. The summed E-state index contributed by atoms with van der Waals surface area (Å²) >= 11 is 5.38. The van der Waals surface area contributed by atoms with Crippen LogP contribution in [0.1, 0.15) is 16.7 Å². The number of aryl methyl sites for hydroxylation is 1. The fraction of sp³-hybridized carbons (Fsp3) is 0.0625. The second kappa shape index (κ2) is 4.90. The maximum atomic E-state index is 9.15. The fourth-order valence-electron chi connectivity index (χ4n) is 2.33. The lowest BCUT2D eigenvalue weighted by atomic mass is 10.1. The second-order valence-electron chi connectivity index (χ2n) is 4.74. The van der Waals surface area contributed by atoms with Gasteiger partial charge in [-0.3, -0.25) is 4.57 Å². The highest BCUT2D eigenvalue weighted by Crippen LogP contribution is 2.22. The number of nitrogens with one attached hydrogen (secondary N) is 1. The summed E-state index contributed by atoms with van der Waals surface area (Å²) in [4.78, 5) is 3.15. The molecule has 5 heteroatoms. The molecule has 1 N–H and O–H groups in total. The van der Waals surface area contributed by atoms with Crippen molar-refractivity contribution in [2.24, 2.45) is 0 Å². The first-order valence-corrected chi connectivity index (χ1v) is 6.71. The van der Waals surface area contributed by atoms with Gasteiger partial charge in [-0.2, -0.15) is 10.5 Å². The summed E-state index contributed by atoms with van der Waals surface area (Å²) in [5, 5.41) is 18.2. The van der Waals surface area contributed by atoms with E-state index >= 15 is 0 Å². The van der Waals surface area contributed by atoms with Crippen molar-refractivity contribution >= 4 is 23.3 Å². The lowest BCUT2D eigenvalue weighted by molar-refractivity contribution is 1.06. The molecule has 3 aromatic rings. The van der Waals surface area contributed by atoms with E-state index in [4.69, 9.17) is 22.7 Å². The second-order valence-corrected chi connectivity index (χ2v) is 5.13. The van der Waals surface area contributed by atoms with Gasteiger partial charge in [-0.05, 0) is 55.0 Å². The molecule has 3 rings (SSSR count). The molecule has 0 unspecified atom stereocenters. The SMILES string of the molecule is Cc1ccc2[nH]c(=S)n(-c3ccc(C#N)c(C#N)c3)c2c1. The molecular formula is C16H10N4S. The largest absolute Gasteiger partial charge is 0.330 e. The zero-order valence-electron chi connectivity index (χ0n) is 11.2. The van der Waals surface area contributed by atoms with E-state index in [0.717, 1.165) is 22.3 Å². The molecule has 0 aliphatic heterocycles. The van der Waals surface area contributed by atoms with Gasteiger partial charge in [0.15, 0.2) is 4.77 Å². The third-order valence-corrected chi connectivity index (χ3v) is 3.63. The van der Waals surface area contributed by atoms with Crippen LogP contribution < -0.4 is 0 Å². The number of fused-ring (bicyclic) bond motifs is 1. The highest BCUT2D eigenvalue weighted by molar-refractivity contribution is 7.71. The van der Waals surface area contributed by atoms with Crippen molar-refractivity contribution in [3.63, 3.8) is 0 Å². The van der Waals surface area contributed by atoms with Crippen molar-refractivity contribution in [3.05, 3.63) is 57.9 Å². The standard InChI is InChI=1S/C16H10N4S/c1-10-2-5-14-15(6-10)20(16(21)19-14)13-4-3-11(8-17)12(7-13)9-18/h2-7H,1H3,(H,19,21). The van der Waals surface area contributed by atoms with Gasteiger partial charge in [-0.15, -0.1) is 0 Å². The van der Waals surface area contributed by atoms with E-state index in [1.165, 1.54) is 0 Å². The van der Waals surface area contributed by atoms with Gasteiger partial charge >= 0.3 is 0 Å². The molecule has 0 amide bonds. The Morgan fingerprint density at radius 2 is 1.81 bits per heavy atom. The van der Waals surface area contributed by atoms with Gasteiger partial charge in [-0.1, -0.05) is 6.07 Å². The quantitative estimate of drug-likeness (QED) is 0.694. The van der Waals surface area contributed by atoms with E-state index in [-0.39, 0.29) is 0 Å². The molecule has 0 aliphatic carbocycles. The average molecular weight is 290 g/mol. The van der Waals surface area contributed by atoms with Crippen LogP contribution in [0.25, 0.3) is 16.7 Å². The number of rotatable bonds is 1. The molecule has 1 aromatic heterocycles. The van der Waals surface area contributed by atoms with Crippen LogP contribution in [0.5, 0.6) is 0 Å². The molecule has 0 saturated carbocycles. The first kappa shape index (κ1) is 13.1. The topological polar surface area (TPSA) is 68.3 Å². The number of aromatic nitrogens is 2. The van der Waals surface area contributed by atoms with E-state index in [1.807, 2.05) is 41.8 Å². The number of hydrogen-bond acceptors (Lipinski definition) is 3. The van der Waals surface area contributed by atoms with E-state index in [9.17, 15) is 0 Å². The molecule has 0 bridgehead atoms. The van der Waals surface area contributed by atoms with E-state index in [2.05, 4.69) is 4.98 Å². The molecule has 2 aromatic carbocycles. The summed E-state index contributed by atoms with van der Waals surface area (Å²) in [5.41, 5.74) is 4.50. The Morgan fingerprint density at radius 1 is 1.05 bits per heavy atom. The normalized spacial score (nSPS) is 10.2. The van der Waals surface area contributed by atoms with E-state index < -0.39 is 0 Å². The number of nitrogens with zero attached hydrogens (tertiary/aromatic N) is 3. The van der Waals surface area contributed by atoms with Crippen LogP contribution in [0.4, 0.5) is 0 Å². The Balaban J connectivity index is 2.34. The summed E-state index contributed by atoms with van der Waals surface area (Å²) in [7, 11) is 0. The zero-order chi connectivity index (χ0) is 15.0. The summed E-state index contributed by atoms with van der Waals surface area (Å²) in [6.45, 7) is 2.01. The van der Waals surface area contributed by atoms with Crippen molar-refractivity contribution in [2.75, 3.05) is 0 Å². The smallest absolute Gasteiger partial charge is 0.182 e. The highest BCUT2D eigenvalue weighted by atomic mass is 32.1. The zero-order valence-corrected chi connectivity index (χ0v) is 12.0. The Hall–Kier alpha value is -2.89. The minimum Gasteiger partial charge on any atom is -0.330 e. The van der Waals surface area contributed by atoms with Crippen molar-refractivity contribution < 1.29 is 0 Å². The number of aromatic amines is 1. The van der Waals surface area contributed by atoms with E-state index in [0.29, 0.717) is 15.9 Å². The Morgan fingerprint density at radius 3 is 2.52 bits per heavy atom. The van der Waals surface area contributed by atoms with Crippen LogP contribution in [0.3, 0.4) is 0 Å². The Bertz CT molecular complexity index is 996. The monoisotopic (exact) mass is 290 g/mol. The Labute approximate surface area is 126 Å². The lowest BCUT2D eigenvalue weighted by Gasteiger charge is -2.06. The fourth-order valence-corrected chi connectivity index (χ4v) is 2.64. The first-order chi connectivity index (χ1) is 10.1. The maximum absolute atomic E-state index is 9.15. The van der Waals surface area contributed by atoms with Gasteiger partial charge in [0.05, 0.1) is 22.2 Å². The third-order valence-electron chi connectivity index (χ3n) is 3.34. The summed E-state index contributed by atoms with van der Waals surface area (Å²) < 4.78 is 2.43. The number of hydrogen-bond donors (Lipinski definition) is 1. The molecule has 0 saturated heterocycles. The van der Waals surface area contributed by atoms with Crippen LogP contribution in [-0.4, -0.2) is 9.55 Å².